The van der Waals surface area contributed by atoms with Crippen LogP contribution in [0.5, 0.6) is 0 Å². The molecule has 1 rings (SSSR count). The van der Waals surface area contributed by atoms with Gasteiger partial charge in [-0.25, -0.2) is 0 Å². The fraction of sp³-hybridized carbons (Fsp3) is 1.00. The molecule has 0 radical (unpaired) electrons. The molecule has 16 heavy (non-hydrogen) atoms. The number of aliphatic hydroxyl groups is 1. The van der Waals surface area contributed by atoms with Gasteiger partial charge in [-0.3, -0.25) is 0 Å². The van der Waals surface area contributed by atoms with Crippen molar-refractivity contribution in [3.63, 3.8) is 0 Å². The maximum atomic E-state index is 8.78. The summed E-state index contributed by atoms with van der Waals surface area (Å²) in [6.45, 7) is 11.7. The molecule has 1 aliphatic rings. The molecule has 0 aliphatic carbocycles. The number of likely N-dealkylation sites (tertiary alicyclic amines) is 1. The Bertz CT molecular complexity index is 185. The van der Waals surface area contributed by atoms with Crippen LogP contribution in [0.25, 0.3) is 0 Å². The summed E-state index contributed by atoms with van der Waals surface area (Å²) in [4.78, 5) is 2.55. The molecule has 1 heterocycles. The normalized spacial score (nSPS) is 27.6. The minimum atomic E-state index is 0.296. The van der Waals surface area contributed by atoms with Crippen LogP contribution in [0.4, 0.5) is 0 Å². The van der Waals surface area contributed by atoms with Gasteiger partial charge < -0.3 is 15.3 Å². The molecule has 1 saturated heterocycles. The number of hydrogen-bond donors (Lipinski definition) is 2. The first kappa shape index (κ1) is 13.9. The summed E-state index contributed by atoms with van der Waals surface area (Å²) in [6, 6.07) is 0.618. The van der Waals surface area contributed by atoms with Crippen LogP contribution in [0.15, 0.2) is 0 Å². The van der Waals surface area contributed by atoms with Gasteiger partial charge in [-0.1, -0.05) is 20.8 Å². The molecule has 0 amide bonds. The van der Waals surface area contributed by atoms with Crippen molar-refractivity contribution in [1.29, 1.82) is 0 Å². The molecule has 0 aromatic rings. The zero-order valence-electron chi connectivity index (χ0n) is 11.1. The van der Waals surface area contributed by atoms with Crippen molar-refractivity contribution < 1.29 is 5.11 Å². The maximum Gasteiger partial charge on any atom is 0.0443 e. The predicted molar refractivity (Wildman–Crippen MR) is 68.6 cm³/mol. The van der Waals surface area contributed by atoms with E-state index in [4.69, 9.17) is 5.11 Å². The monoisotopic (exact) mass is 228 g/mol. The Morgan fingerprint density at radius 1 is 1.38 bits per heavy atom. The van der Waals surface area contributed by atoms with E-state index in [0.717, 1.165) is 31.3 Å². The fourth-order valence-electron chi connectivity index (χ4n) is 2.51. The molecular weight excluding hydrogens is 200 g/mol. The first-order chi connectivity index (χ1) is 7.67. The van der Waals surface area contributed by atoms with Crippen LogP contribution < -0.4 is 5.32 Å². The van der Waals surface area contributed by atoms with E-state index < -0.39 is 0 Å². The lowest BCUT2D eigenvalue weighted by Crippen LogP contribution is -2.50. The molecule has 0 spiro atoms. The van der Waals surface area contributed by atoms with Gasteiger partial charge >= 0.3 is 0 Å². The molecule has 0 saturated carbocycles. The molecule has 1 fully saturated rings. The van der Waals surface area contributed by atoms with Crippen LogP contribution in [-0.2, 0) is 0 Å². The quantitative estimate of drug-likeness (QED) is 0.673. The molecule has 2 atom stereocenters. The van der Waals surface area contributed by atoms with Gasteiger partial charge in [-0.05, 0) is 37.8 Å². The van der Waals surface area contributed by atoms with Crippen molar-refractivity contribution in [3.05, 3.63) is 0 Å². The maximum absolute atomic E-state index is 8.78. The number of aliphatic hydroxyl groups excluding tert-OH is 1. The van der Waals surface area contributed by atoms with E-state index in [1.807, 2.05) is 0 Å². The van der Waals surface area contributed by atoms with Crippen LogP contribution in [0, 0.1) is 11.8 Å². The van der Waals surface area contributed by atoms with Crippen LogP contribution in [0.1, 0.15) is 33.6 Å². The van der Waals surface area contributed by atoms with Gasteiger partial charge in [-0.2, -0.15) is 0 Å². The van der Waals surface area contributed by atoms with Crippen molar-refractivity contribution in [2.24, 2.45) is 11.8 Å². The minimum Gasteiger partial charge on any atom is -0.396 e. The molecule has 0 bridgehead atoms. The van der Waals surface area contributed by atoms with Crippen molar-refractivity contribution >= 4 is 0 Å². The lowest BCUT2D eigenvalue weighted by molar-refractivity contribution is 0.120. The Kier molecular flexibility index (Phi) is 6.32. The second kappa shape index (κ2) is 7.25. The van der Waals surface area contributed by atoms with E-state index in [1.165, 1.54) is 19.5 Å². The van der Waals surface area contributed by atoms with Crippen molar-refractivity contribution in [3.8, 4) is 0 Å². The minimum absolute atomic E-state index is 0.296. The number of nitrogens with one attached hydrogen (secondary N) is 1. The topological polar surface area (TPSA) is 35.5 Å². The number of likely N-dealkylation sites (N-methyl/N-ethyl adjacent to an activating group) is 1. The van der Waals surface area contributed by atoms with Crippen molar-refractivity contribution in [1.82, 2.24) is 10.2 Å². The molecule has 96 valence electrons. The third-order valence-electron chi connectivity index (χ3n) is 3.72. The lowest BCUT2D eigenvalue weighted by Gasteiger charge is -2.39. The zero-order chi connectivity index (χ0) is 12.0. The number of piperidine rings is 1. The summed E-state index contributed by atoms with van der Waals surface area (Å²) < 4.78 is 0. The second-order valence-electron chi connectivity index (χ2n) is 5.32. The SMILES string of the molecule is CCN1CC(NCCCO)CC(C(C)C)C1. The van der Waals surface area contributed by atoms with E-state index >= 15 is 0 Å². The van der Waals surface area contributed by atoms with Crippen molar-refractivity contribution in [2.75, 3.05) is 32.8 Å². The van der Waals surface area contributed by atoms with E-state index in [2.05, 4.69) is 31.0 Å². The standard InChI is InChI=1S/C13H28N2O/c1-4-15-9-12(11(2)3)8-13(10-15)14-6-5-7-16/h11-14,16H,4-10H2,1-3H3. The largest absolute Gasteiger partial charge is 0.396 e. The summed E-state index contributed by atoms with van der Waals surface area (Å²) >= 11 is 0. The highest BCUT2D eigenvalue weighted by Gasteiger charge is 2.27. The van der Waals surface area contributed by atoms with Gasteiger partial charge in [0.05, 0.1) is 0 Å². The summed E-state index contributed by atoms with van der Waals surface area (Å²) in [5.41, 5.74) is 0. The summed E-state index contributed by atoms with van der Waals surface area (Å²) in [5.74, 6) is 1.59. The Labute approximate surface area is 100 Å². The molecule has 0 aromatic carbocycles. The van der Waals surface area contributed by atoms with Crippen LogP contribution in [0.3, 0.4) is 0 Å². The van der Waals surface area contributed by atoms with Crippen LogP contribution in [0.2, 0.25) is 0 Å². The van der Waals surface area contributed by atoms with Gasteiger partial charge in [0.1, 0.15) is 0 Å². The van der Waals surface area contributed by atoms with E-state index in [1.54, 1.807) is 0 Å². The van der Waals surface area contributed by atoms with Gasteiger partial charge in [0.25, 0.3) is 0 Å². The molecule has 2 unspecified atom stereocenters. The smallest absolute Gasteiger partial charge is 0.0443 e. The third kappa shape index (κ3) is 4.40. The van der Waals surface area contributed by atoms with Gasteiger partial charge in [-0.15, -0.1) is 0 Å². The predicted octanol–water partition coefficient (Wildman–Crippen LogP) is 1.32. The molecule has 1 aliphatic heterocycles. The van der Waals surface area contributed by atoms with Gasteiger partial charge in [0, 0.05) is 25.7 Å². The van der Waals surface area contributed by atoms with E-state index in [-0.39, 0.29) is 0 Å². The van der Waals surface area contributed by atoms with Gasteiger partial charge in [0.15, 0.2) is 0 Å². The van der Waals surface area contributed by atoms with E-state index in [9.17, 15) is 0 Å². The zero-order valence-corrected chi connectivity index (χ0v) is 11.1. The Morgan fingerprint density at radius 3 is 2.69 bits per heavy atom. The highest BCUT2D eigenvalue weighted by molar-refractivity contribution is 4.84. The number of rotatable bonds is 6. The van der Waals surface area contributed by atoms with Crippen molar-refractivity contribution in [2.45, 2.75) is 39.7 Å². The second-order valence-corrected chi connectivity index (χ2v) is 5.32. The molecule has 3 nitrogen and oxygen atoms in total. The fourth-order valence-corrected chi connectivity index (χ4v) is 2.51. The first-order valence-corrected chi connectivity index (χ1v) is 6.74. The first-order valence-electron chi connectivity index (χ1n) is 6.74. The number of hydrogen-bond acceptors (Lipinski definition) is 3. The van der Waals surface area contributed by atoms with E-state index in [0.29, 0.717) is 12.6 Å². The van der Waals surface area contributed by atoms with Crippen LogP contribution >= 0.6 is 0 Å². The average Bonchev–Trinajstić information content (AvgIpc) is 2.29. The highest BCUT2D eigenvalue weighted by atomic mass is 16.3. The lowest BCUT2D eigenvalue weighted by atomic mass is 9.85. The van der Waals surface area contributed by atoms with Gasteiger partial charge in [0.2, 0.25) is 0 Å². The van der Waals surface area contributed by atoms with Crippen LogP contribution in [-0.4, -0.2) is 48.8 Å². The summed E-state index contributed by atoms with van der Waals surface area (Å²) in [6.07, 6.45) is 2.16. The Balaban J connectivity index is 2.38. The number of nitrogens with zero attached hydrogens (tertiary/aromatic N) is 1. The summed E-state index contributed by atoms with van der Waals surface area (Å²) in [5, 5.41) is 12.4. The molecule has 0 aromatic heterocycles. The average molecular weight is 228 g/mol. The highest BCUT2D eigenvalue weighted by Crippen LogP contribution is 2.23. The Hall–Kier alpha value is -0.120. The molecule has 2 N–H and O–H groups in total. The third-order valence-corrected chi connectivity index (χ3v) is 3.72. The molecule has 3 heteroatoms. The molecular formula is C13H28N2O. The Morgan fingerprint density at radius 2 is 2.12 bits per heavy atom. The summed E-state index contributed by atoms with van der Waals surface area (Å²) in [7, 11) is 0.